The summed E-state index contributed by atoms with van der Waals surface area (Å²) in [5, 5.41) is 20.8. The van der Waals surface area contributed by atoms with Gasteiger partial charge in [0, 0.05) is 13.1 Å². The van der Waals surface area contributed by atoms with Gasteiger partial charge in [0.05, 0.1) is 10.8 Å². The van der Waals surface area contributed by atoms with Gasteiger partial charge in [-0.1, -0.05) is 6.07 Å². The number of aliphatic carboxylic acids is 1. The van der Waals surface area contributed by atoms with E-state index >= 15 is 0 Å². The van der Waals surface area contributed by atoms with Crippen LogP contribution in [-0.4, -0.2) is 39.1 Å². The van der Waals surface area contributed by atoms with E-state index in [-0.39, 0.29) is 17.4 Å². The van der Waals surface area contributed by atoms with Crippen molar-refractivity contribution in [1.82, 2.24) is 9.97 Å². The molecule has 0 aliphatic carbocycles. The van der Waals surface area contributed by atoms with E-state index in [1.165, 1.54) is 6.33 Å². The van der Waals surface area contributed by atoms with E-state index in [0.29, 0.717) is 31.7 Å². The maximum absolute atomic E-state index is 11.7. The third-order valence-electron chi connectivity index (χ3n) is 4.51. The second-order valence-corrected chi connectivity index (χ2v) is 6.63. The van der Waals surface area contributed by atoms with E-state index in [2.05, 4.69) is 9.97 Å². The highest BCUT2D eigenvalue weighted by molar-refractivity contribution is 5.71. The SMILES string of the molecule is Cc1cc(C)cc(Oc2ncnc(N3CCC(C(=O)O)CC3)c2[N+](=O)[O-])c1. The lowest BCUT2D eigenvalue weighted by atomic mass is 9.97. The highest BCUT2D eigenvalue weighted by atomic mass is 16.6. The molecular formula is C18H20N4O5. The first-order valence-corrected chi connectivity index (χ1v) is 8.58. The molecular weight excluding hydrogens is 352 g/mol. The number of hydrogen-bond acceptors (Lipinski definition) is 7. The number of benzene rings is 1. The zero-order chi connectivity index (χ0) is 19.6. The molecule has 0 unspecified atom stereocenters. The number of carboxylic acid groups (broad SMARTS) is 1. The number of anilines is 1. The Hall–Kier alpha value is -3.23. The molecule has 3 rings (SSSR count). The number of rotatable bonds is 5. The second-order valence-electron chi connectivity index (χ2n) is 6.63. The fraction of sp³-hybridized carbons (Fsp3) is 0.389. The minimum absolute atomic E-state index is 0.129. The highest BCUT2D eigenvalue weighted by Crippen LogP contribution is 2.37. The minimum Gasteiger partial charge on any atom is -0.481 e. The Morgan fingerprint density at radius 1 is 1.22 bits per heavy atom. The van der Waals surface area contributed by atoms with E-state index < -0.39 is 16.8 Å². The molecule has 1 aromatic heterocycles. The van der Waals surface area contributed by atoms with Crippen molar-refractivity contribution in [3.05, 3.63) is 45.8 Å². The van der Waals surface area contributed by atoms with E-state index in [1.54, 1.807) is 17.0 Å². The van der Waals surface area contributed by atoms with Crippen LogP contribution in [0.15, 0.2) is 24.5 Å². The maximum Gasteiger partial charge on any atom is 0.373 e. The normalized spacial score (nSPS) is 14.8. The van der Waals surface area contributed by atoms with Gasteiger partial charge in [-0.2, -0.15) is 4.98 Å². The van der Waals surface area contributed by atoms with Crippen molar-refractivity contribution in [3.8, 4) is 11.6 Å². The summed E-state index contributed by atoms with van der Waals surface area (Å²) in [5.74, 6) is -0.794. The van der Waals surface area contributed by atoms with Gasteiger partial charge >= 0.3 is 17.5 Å². The number of nitro groups is 1. The number of nitrogens with zero attached hydrogens (tertiary/aromatic N) is 4. The van der Waals surface area contributed by atoms with E-state index in [9.17, 15) is 14.9 Å². The molecule has 9 nitrogen and oxygen atoms in total. The first kappa shape index (κ1) is 18.6. The van der Waals surface area contributed by atoms with E-state index in [1.807, 2.05) is 19.9 Å². The Morgan fingerprint density at radius 2 is 1.85 bits per heavy atom. The van der Waals surface area contributed by atoms with Gasteiger partial charge in [-0.3, -0.25) is 14.9 Å². The molecule has 1 aliphatic heterocycles. The zero-order valence-corrected chi connectivity index (χ0v) is 15.1. The summed E-state index contributed by atoms with van der Waals surface area (Å²) in [5.41, 5.74) is 1.63. The molecule has 0 radical (unpaired) electrons. The van der Waals surface area contributed by atoms with Gasteiger partial charge in [-0.05, 0) is 49.9 Å². The summed E-state index contributed by atoms with van der Waals surface area (Å²) in [7, 11) is 0. The summed E-state index contributed by atoms with van der Waals surface area (Å²) >= 11 is 0. The van der Waals surface area contributed by atoms with Gasteiger partial charge < -0.3 is 14.7 Å². The van der Waals surface area contributed by atoms with Gasteiger partial charge in [-0.15, -0.1) is 0 Å². The van der Waals surface area contributed by atoms with Crippen LogP contribution in [0.5, 0.6) is 11.6 Å². The number of piperidine rings is 1. The van der Waals surface area contributed by atoms with Crippen LogP contribution in [0.3, 0.4) is 0 Å². The summed E-state index contributed by atoms with van der Waals surface area (Å²) < 4.78 is 5.71. The molecule has 0 bridgehead atoms. The van der Waals surface area contributed by atoms with Crippen molar-refractivity contribution >= 4 is 17.5 Å². The van der Waals surface area contributed by atoms with Crippen molar-refractivity contribution in [2.45, 2.75) is 26.7 Å². The van der Waals surface area contributed by atoms with Crippen molar-refractivity contribution in [3.63, 3.8) is 0 Å². The molecule has 0 atom stereocenters. The Balaban J connectivity index is 1.91. The van der Waals surface area contributed by atoms with Gasteiger partial charge in [0.1, 0.15) is 12.1 Å². The quantitative estimate of drug-likeness (QED) is 0.628. The zero-order valence-electron chi connectivity index (χ0n) is 15.1. The van der Waals surface area contributed by atoms with Crippen LogP contribution in [0.25, 0.3) is 0 Å². The Morgan fingerprint density at radius 3 is 2.41 bits per heavy atom. The molecule has 0 spiro atoms. The number of hydrogen-bond donors (Lipinski definition) is 1. The number of ether oxygens (including phenoxy) is 1. The van der Waals surface area contributed by atoms with E-state index in [4.69, 9.17) is 9.84 Å². The molecule has 2 aromatic rings. The average Bonchev–Trinajstić information content (AvgIpc) is 2.60. The minimum atomic E-state index is -0.842. The highest BCUT2D eigenvalue weighted by Gasteiger charge is 2.32. The number of carbonyl (C=O) groups is 1. The number of carboxylic acids is 1. The van der Waals surface area contributed by atoms with Gasteiger partial charge in [0.15, 0.2) is 0 Å². The topological polar surface area (TPSA) is 119 Å². The summed E-state index contributed by atoms with van der Waals surface area (Å²) in [6.07, 6.45) is 2.04. The van der Waals surface area contributed by atoms with Crippen LogP contribution in [0, 0.1) is 29.9 Å². The predicted molar refractivity (Wildman–Crippen MR) is 97.2 cm³/mol. The summed E-state index contributed by atoms with van der Waals surface area (Å²) in [6, 6.07) is 5.52. The van der Waals surface area contributed by atoms with E-state index in [0.717, 1.165) is 11.1 Å². The summed E-state index contributed by atoms with van der Waals surface area (Å²) in [6.45, 7) is 4.56. The number of aryl methyl sites for hydroxylation is 2. The lowest BCUT2D eigenvalue weighted by Crippen LogP contribution is -2.37. The summed E-state index contributed by atoms with van der Waals surface area (Å²) in [4.78, 5) is 32.0. The number of aromatic nitrogens is 2. The molecule has 1 aromatic carbocycles. The van der Waals surface area contributed by atoms with Crippen LogP contribution >= 0.6 is 0 Å². The molecule has 27 heavy (non-hydrogen) atoms. The molecule has 1 fully saturated rings. The lowest BCUT2D eigenvalue weighted by molar-refractivity contribution is -0.385. The molecule has 1 saturated heterocycles. The monoisotopic (exact) mass is 372 g/mol. The molecule has 9 heteroatoms. The first-order valence-electron chi connectivity index (χ1n) is 8.58. The van der Waals surface area contributed by atoms with Gasteiger partial charge in [-0.25, -0.2) is 4.98 Å². The average molecular weight is 372 g/mol. The standard InChI is InChI=1S/C18H20N4O5/c1-11-7-12(2)9-14(8-11)27-17-15(22(25)26)16(19-10-20-17)21-5-3-13(4-6-21)18(23)24/h7-10,13H,3-6H2,1-2H3,(H,23,24). The smallest absolute Gasteiger partial charge is 0.373 e. The fourth-order valence-corrected chi connectivity index (χ4v) is 3.26. The molecule has 1 N–H and O–H groups in total. The van der Waals surface area contributed by atoms with Crippen molar-refractivity contribution in [2.75, 3.05) is 18.0 Å². The van der Waals surface area contributed by atoms with Gasteiger partial charge in [0.2, 0.25) is 5.82 Å². The van der Waals surface area contributed by atoms with Crippen molar-refractivity contribution < 1.29 is 19.6 Å². The molecule has 2 heterocycles. The van der Waals surface area contributed by atoms with Crippen molar-refractivity contribution in [2.24, 2.45) is 5.92 Å². The molecule has 0 saturated carbocycles. The fourth-order valence-electron chi connectivity index (χ4n) is 3.26. The lowest BCUT2D eigenvalue weighted by Gasteiger charge is -2.30. The molecule has 142 valence electrons. The Labute approximate surface area is 155 Å². The Kier molecular flexibility index (Phi) is 5.20. The maximum atomic E-state index is 11.7. The predicted octanol–water partition coefficient (Wildman–Crippen LogP) is 3.09. The first-order chi connectivity index (χ1) is 12.8. The third kappa shape index (κ3) is 4.13. The molecule has 0 amide bonds. The van der Waals surface area contributed by atoms with Crippen LogP contribution in [0.2, 0.25) is 0 Å². The largest absolute Gasteiger partial charge is 0.481 e. The van der Waals surface area contributed by atoms with Crippen LogP contribution in [0.1, 0.15) is 24.0 Å². The van der Waals surface area contributed by atoms with Gasteiger partial charge in [0.25, 0.3) is 0 Å². The molecule has 1 aliphatic rings. The third-order valence-corrected chi connectivity index (χ3v) is 4.51. The van der Waals surface area contributed by atoms with Crippen LogP contribution in [-0.2, 0) is 4.79 Å². The Bertz CT molecular complexity index is 858. The van der Waals surface area contributed by atoms with Crippen molar-refractivity contribution in [1.29, 1.82) is 0 Å². The van der Waals surface area contributed by atoms with Crippen LogP contribution < -0.4 is 9.64 Å². The van der Waals surface area contributed by atoms with Crippen LogP contribution in [0.4, 0.5) is 11.5 Å². The second kappa shape index (κ2) is 7.56.